The number of hydrogen-bond acceptors (Lipinski definition) is 5. The monoisotopic (exact) mass is 385 g/mol. The molecule has 4 heterocycles. The topological polar surface area (TPSA) is 77.1 Å². The van der Waals surface area contributed by atoms with E-state index in [9.17, 15) is 9.59 Å². The van der Waals surface area contributed by atoms with Crippen molar-refractivity contribution in [2.45, 2.75) is 58.5 Å². The average molecular weight is 385 g/mol. The first kappa shape index (κ1) is 18.0. The number of carbonyl (C=O) groups excluding carboxylic acids is 1. The third kappa shape index (κ3) is 3.43. The van der Waals surface area contributed by atoms with Crippen LogP contribution in [0.2, 0.25) is 0 Å². The van der Waals surface area contributed by atoms with Crippen molar-refractivity contribution < 1.29 is 9.21 Å². The highest BCUT2D eigenvalue weighted by Crippen LogP contribution is 2.28. The highest BCUT2D eigenvalue weighted by Gasteiger charge is 2.23. The zero-order chi connectivity index (χ0) is 19.0. The van der Waals surface area contributed by atoms with Crippen LogP contribution in [-0.2, 0) is 19.4 Å². The summed E-state index contributed by atoms with van der Waals surface area (Å²) in [5, 5.41) is 3.64. The molecule has 0 saturated heterocycles. The van der Waals surface area contributed by atoms with Gasteiger partial charge >= 0.3 is 0 Å². The summed E-state index contributed by atoms with van der Waals surface area (Å²) in [6.45, 7) is 4.55. The second-order valence-electron chi connectivity index (χ2n) is 7.17. The molecule has 1 atom stereocenters. The Labute approximate surface area is 161 Å². The molecule has 0 radical (unpaired) electrons. The van der Waals surface area contributed by atoms with Crippen molar-refractivity contribution >= 4 is 27.5 Å². The largest absolute Gasteiger partial charge is 0.469 e. The molecule has 3 aromatic heterocycles. The lowest BCUT2D eigenvalue weighted by Gasteiger charge is -2.16. The Morgan fingerprint density at radius 1 is 1.44 bits per heavy atom. The first-order chi connectivity index (χ1) is 13.0. The predicted molar refractivity (Wildman–Crippen MR) is 106 cm³/mol. The van der Waals surface area contributed by atoms with Gasteiger partial charge in [0.1, 0.15) is 16.4 Å². The van der Waals surface area contributed by atoms with Gasteiger partial charge in [-0.05, 0) is 50.8 Å². The minimum atomic E-state index is -0.134. The van der Waals surface area contributed by atoms with E-state index in [-0.39, 0.29) is 17.5 Å². The standard InChI is InChI=1S/C20H23N3O3S/c1-12(8-9-14-6-5-11-26-14)21-18(24)17-13(2)16-19(27-17)22-15-7-3-4-10-23(15)20(16)25/h5-6,11-12H,3-4,7-10H2,1-2H3,(H,21,24)/t12-/m1/s1. The minimum Gasteiger partial charge on any atom is -0.469 e. The lowest BCUT2D eigenvalue weighted by Crippen LogP contribution is -2.32. The van der Waals surface area contributed by atoms with Crippen LogP contribution in [0.4, 0.5) is 0 Å². The van der Waals surface area contributed by atoms with E-state index in [1.165, 1.54) is 11.3 Å². The van der Waals surface area contributed by atoms with Gasteiger partial charge < -0.3 is 9.73 Å². The molecule has 0 fully saturated rings. The van der Waals surface area contributed by atoms with E-state index >= 15 is 0 Å². The molecule has 1 amide bonds. The van der Waals surface area contributed by atoms with Crippen molar-refractivity contribution in [3.05, 3.63) is 50.8 Å². The zero-order valence-corrected chi connectivity index (χ0v) is 16.4. The number of nitrogens with zero attached hydrogens (tertiary/aromatic N) is 2. The van der Waals surface area contributed by atoms with E-state index in [0.717, 1.165) is 55.8 Å². The maximum atomic E-state index is 12.9. The van der Waals surface area contributed by atoms with E-state index in [1.807, 2.05) is 26.0 Å². The van der Waals surface area contributed by atoms with Gasteiger partial charge in [-0.15, -0.1) is 11.3 Å². The van der Waals surface area contributed by atoms with E-state index in [4.69, 9.17) is 4.42 Å². The normalized spacial score (nSPS) is 14.9. The van der Waals surface area contributed by atoms with Crippen molar-refractivity contribution in [2.24, 2.45) is 0 Å². The summed E-state index contributed by atoms with van der Waals surface area (Å²) in [6, 6.07) is 3.81. The van der Waals surface area contributed by atoms with Gasteiger partial charge in [0.2, 0.25) is 0 Å². The number of furan rings is 1. The summed E-state index contributed by atoms with van der Waals surface area (Å²) in [5.74, 6) is 1.63. The molecule has 0 bridgehead atoms. The van der Waals surface area contributed by atoms with Gasteiger partial charge in [0.15, 0.2) is 0 Å². The lowest BCUT2D eigenvalue weighted by molar-refractivity contribution is 0.0941. The zero-order valence-electron chi connectivity index (χ0n) is 15.6. The summed E-state index contributed by atoms with van der Waals surface area (Å²) in [6.07, 6.45) is 6.11. The molecular formula is C20H23N3O3S. The van der Waals surface area contributed by atoms with Crippen LogP contribution in [0.15, 0.2) is 27.6 Å². The Morgan fingerprint density at radius 3 is 3.07 bits per heavy atom. The Morgan fingerprint density at radius 2 is 2.30 bits per heavy atom. The molecule has 0 aliphatic carbocycles. The van der Waals surface area contributed by atoms with Gasteiger partial charge in [0, 0.05) is 25.4 Å². The average Bonchev–Trinajstić information content (AvgIpc) is 3.28. The lowest BCUT2D eigenvalue weighted by atomic mass is 10.1. The molecule has 0 aromatic carbocycles. The highest BCUT2D eigenvalue weighted by molar-refractivity contribution is 7.20. The molecule has 7 heteroatoms. The van der Waals surface area contributed by atoms with Gasteiger partial charge in [-0.1, -0.05) is 0 Å². The fourth-order valence-electron chi connectivity index (χ4n) is 3.62. The van der Waals surface area contributed by atoms with Crippen molar-refractivity contribution in [1.29, 1.82) is 0 Å². The molecule has 1 aliphatic rings. The molecule has 0 spiro atoms. The Hall–Kier alpha value is -2.41. The number of fused-ring (bicyclic) bond motifs is 2. The molecule has 0 unspecified atom stereocenters. The summed E-state index contributed by atoms with van der Waals surface area (Å²) in [4.78, 5) is 31.6. The van der Waals surface area contributed by atoms with E-state index in [2.05, 4.69) is 10.3 Å². The SMILES string of the molecule is Cc1c(C(=O)N[C@H](C)CCc2ccco2)sc2nc3n(c(=O)c12)CCCC3. The van der Waals surface area contributed by atoms with Crippen LogP contribution >= 0.6 is 11.3 Å². The van der Waals surface area contributed by atoms with E-state index in [1.54, 1.807) is 10.8 Å². The molecule has 3 aromatic rings. The van der Waals surface area contributed by atoms with Gasteiger partial charge in [-0.25, -0.2) is 4.98 Å². The second kappa shape index (κ2) is 7.31. The summed E-state index contributed by atoms with van der Waals surface area (Å²) in [7, 11) is 0. The van der Waals surface area contributed by atoms with Crippen LogP contribution in [0, 0.1) is 6.92 Å². The van der Waals surface area contributed by atoms with Crippen LogP contribution in [0.1, 0.15) is 53.0 Å². The molecular weight excluding hydrogens is 362 g/mol. The van der Waals surface area contributed by atoms with Gasteiger partial charge in [-0.2, -0.15) is 0 Å². The van der Waals surface area contributed by atoms with Gasteiger partial charge in [-0.3, -0.25) is 14.2 Å². The van der Waals surface area contributed by atoms with Crippen LogP contribution < -0.4 is 10.9 Å². The van der Waals surface area contributed by atoms with Crippen LogP contribution in [0.25, 0.3) is 10.2 Å². The molecule has 4 rings (SSSR count). The van der Waals surface area contributed by atoms with E-state index in [0.29, 0.717) is 15.1 Å². The minimum absolute atomic E-state index is 0.00614. The number of thiophene rings is 1. The number of hydrogen-bond donors (Lipinski definition) is 1. The third-order valence-corrected chi connectivity index (χ3v) is 6.33. The number of aryl methyl sites for hydroxylation is 3. The van der Waals surface area contributed by atoms with Crippen LogP contribution in [-0.4, -0.2) is 21.5 Å². The fourth-order valence-corrected chi connectivity index (χ4v) is 4.72. The molecule has 142 valence electrons. The molecule has 1 aliphatic heterocycles. The third-order valence-electron chi connectivity index (χ3n) is 5.15. The smallest absolute Gasteiger partial charge is 0.262 e. The first-order valence-corrected chi connectivity index (χ1v) is 10.2. The molecule has 1 N–H and O–H groups in total. The molecule has 0 saturated carbocycles. The highest BCUT2D eigenvalue weighted by atomic mass is 32.1. The molecule has 6 nitrogen and oxygen atoms in total. The summed E-state index contributed by atoms with van der Waals surface area (Å²) < 4.78 is 7.12. The van der Waals surface area contributed by atoms with Crippen LogP contribution in [0.3, 0.4) is 0 Å². The van der Waals surface area contributed by atoms with Crippen LogP contribution in [0.5, 0.6) is 0 Å². The quantitative estimate of drug-likeness (QED) is 0.730. The maximum Gasteiger partial charge on any atom is 0.262 e. The Kier molecular flexibility index (Phi) is 4.86. The van der Waals surface area contributed by atoms with Crippen molar-refractivity contribution in [3.8, 4) is 0 Å². The predicted octanol–water partition coefficient (Wildman–Crippen LogP) is 3.45. The number of carbonyl (C=O) groups is 1. The Balaban J connectivity index is 1.56. The number of aromatic nitrogens is 2. The number of rotatable bonds is 5. The Bertz CT molecular complexity index is 1030. The summed E-state index contributed by atoms with van der Waals surface area (Å²) >= 11 is 1.32. The maximum absolute atomic E-state index is 12.9. The summed E-state index contributed by atoms with van der Waals surface area (Å²) in [5.41, 5.74) is 0.734. The fraction of sp³-hybridized carbons (Fsp3) is 0.450. The van der Waals surface area contributed by atoms with Crippen molar-refractivity contribution in [2.75, 3.05) is 0 Å². The number of amides is 1. The second-order valence-corrected chi connectivity index (χ2v) is 8.17. The molecule has 27 heavy (non-hydrogen) atoms. The van der Waals surface area contributed by atoms with Gasteiger partial charge in [0.25, 0.3) is 11.5 Å². The van der Waals surface area contributed by atoms with Crippen molar-refractivity contribution in [3.63, 3.8) is 0 Å². The van der Waals surface area contributed by atoms with E-state index < -0.39 is 0 Å². The van der Waals surface area contributed by atoms with Gasteiger partial charge in [0.05, 0.1) is 16.5 Å². The number of nitrogens with one attached hydrogen (secondary N) is 1. The van der Waals surface area contributed by atoms with Crippen molar-refractivity contribution in [1.82, 2.24) is 14.9 Å². The first-order valence-electron chi connectivity index (χ1n) is 9.40.